The fourth-order valence-corrected chi connectivity index (χ4v) is 1.80. The van der Waals surface area contributed by atoms with Crippen molar-refractivity contribution >= 4 is 0 Å². The summed E-state index contributed by atoms with van der Waals surface area (Å²) in [7, 11) is 0. The number of hydrogen-bond donors (Lipinski definition) is 2. The molecule has 2 aromatic carbocycles. The van der Waals surface area contributed by atoms with Crippen LogP contribution in [0, 0.1) is 0 Å². The van der Waals surface area contributed by atoms with Crippen LogP contribution in [0.5, 0.6) is 11.5 Å². The van der Waals surface area contributed by atoms with Crippen LogP contribution in [0.3, 0.4) is 0 Å². The Hall–Kier alpha value is -1.96. The van der Waals surface area contributed by atoms with E-state index in [1.807, 2.05) is 37.3 Å². The molecule has 0 aliphatic rings. The number of phenolic OH excluding ortho intramolecular Hbond substituents is 2. The van der Waals surface area contributed by atoms with Crippen molar-refractivity contribution in [2.24, 2.45) is 0 Å². The predicted molar refractivity (Wildman–Crippen MR) is 64.6 cm³/mol. The zero-order valence-corrected chi connectivity index (χ0v) is 9.14. The van der Waals surface area contributed by atoms with Crippen LogP contribution in [0.25, 0.3) is 11.1 Å². The van der Waals surface area contributed by atoms with Gasteiger partial charge in [0.25, 0.3) is 0 Å². The summed E-state index contributed by atoms with van der Waals surface area (Å²) in [6.07, 6.45) is 0.618. The van der Waals surface area contributed by atoms with Crippen LogP contribution in [0.1, 0.15) is 12.5 Å². The van der Waals surface area contributed by atoms with Crippen LogP contribution in [0.15, 0.2) is 42.5 Å². The van der Waals surface area contributed by atoms with Gasteiger partial charge in [0.2, 0.25) is 0 Å². The molecular weight excluding hydrogens is 200 g/mol. The lowest BCUT2D eigenvalue weighted by atomic mass is 10.0. The van der Waals surface area contributed by atoms with E-state index in [1.165, 1.54) is 0 Å². The van der Waals surface area contributed by atoms with Gasteiger partial charge in [-0.25, -0.2) is 0 Å². The molecule has 0 bridgehead atoms. The second kappa shape index (κ2) is 4.27. The quantitative estimate of drug-likeness (QED) is 0.805. The second-order valence-electron chi connectivity index (χ2n) is 3.71. The minimum Gasteiger partial charge on any atom is -0.508 e. The molecule has 0 heterocycles. The average molecular weight is 214 g/mol. The third-order valence-electron chi connectivity index (χ3n) is 2.66. The third-order valence-corrected chi connectivity index (χ3v) is 2.66. The zero-order chi connectivity index (χ0) is 11.5. The monoisotopic (exact) mass is 214 g/mol. The Bertz CT molecular complexity index is 466. The highest BCUT2D eigenvalue weighted by atomic mass is 16.3. The molecule has 0 aliphatic carbocycles. The normalized spacial score (nSPS) is 10.3. The maximum Gasteiger partial charge on any atom is 0.123 e. The van der Waals surface area contributed by atoms with Crippen LogP contribution in [0.2, 0.25) is 0 Å². The van der Waals surface area contributed by atoms with Gasteiger partial charge in [0, 0.05) is 5.56 Å². The Labute approximate surface area is 94.8 Å². The standard InChI is InChI=1S/C14H14O2/c1-2-12-13(15)8-11(9-14(12)16)10-6-4-3-5-7-10/h3-9,15-16H,2H2,1H3. The molecule has 0 saturated heterocycles. The lowest BCUT2D eigenvalue weighted by Crippen LogP contribution is -1.85. The molecule has 2 N–H and O–H groups in total. The Kier molecular flexibility index (Phi) is 2.82. The molecular formula is C14H14O2. The molecule has 2 heteroatoms. The van der Waals surface area contributed by atoms with Crippen molar-refractivity contribution < 1.29 is 10.2 Å². The van der Waals surface area contributed by atoms with E-state index in [1.54, 1.807) is 12.1 Å². The maximum absolute atomic E-state index is 9.77. The van der Waals surface area contributed by atoms with Crippen molar-refractivity contribution in [3.8, 4) is 22.6 Å². The molecule has 0 aliphatic heterocycles. The van der Waals surface area contributed by atoms with E-state index >= 15 is 0 Å². The number of benzene rings is 2. The highest BCUT2D eigenvalue weighted by molar-refractivity contribution is 5.68. The van der Waals surface area contributed by atoms with Gasteiger partial charge >= 0.3 is 0 Å². The molecule has 16 heavy (non-hydrogen) atoms. The van der Waals surface area contributed by atoms with Crippen LogP contribution >= 0.6 is 0 Å². The van der Waals surface area contributed by atoms with Crippen molar-refractivity contribution in [1.82, 2.24) is 0 Å². The van der Waals surface area contributed by atoms with Gasteiger partial charge in [0.1, 0.15) is 11.5 Å². The highest BCUT2D eigenvalue weighted by Crippen LogP contribution is 2.33. The van der Waals surface area contributed by atoms with Gasteiger partial charge in [-0.3, -0.25) is 0 Å². The summed E-state index contributed by atoms with van der Waals surface area (Å²) in [5.74, 6) is 0.308. The summed E-state index contributed by atoms with van der Waals surface area (Å²) in [5.41, 5.74) is 2.41. The Balaban J connectivity index is 2.53. The molecule has 0 amide bonds. The Morgan fingerprint density at radius 2 is 1.44 bits per heavy atom. The van der Waals surface area contributed by atoms with Crippen LogP contribution in [0.4, 0.5) is 0 Å². The van der Waals surface area contributed by atoms with E-state index < -0.39 is 0 Å². The van der Waals surface area contributed by atoms with Gasteiger partial charge in [-0.05, 0) is 29.7 Å². The summed E-state index contributed by atoms with van der Waals surface area (Å²) in [6.45, 7) is 1.90. The van der Waals surface area contributed by atoms with E-state index in [0.29, 0.717) is 12.0 Å². The summed E-state index contributed by atoms with van der Waals surface area (Å²) < 4.78 is 0. The summed E-state index contributed by atoms with van der Waals surface area (Å²) in [4.78, 5) is 0. The maximum atomic E-state index is 9.77. The number of phenols is 2. The topological polar surface area (TPSA) is 40.5 Å². The lowest BCUT2D eigenvalue weighted by molar-refractivity contribution is 0.440. The smallest absolute Gasteiger partial charge is 0.123 e. The Morgan fingerprint density at radius 1 is 0.875 bits per heavy atom. The first kappa shape index (κ1) is 10.6. The van der Waals surface area contributed by atoms with Crippen molar-refractivity contribution in [3.63, 3.8) is 0 Å². The average Bonchev–Trinajstić information content (AvgIpc) is 2.30. The predicted octanol–water partition coefficient (Wildman–Crippen LogP) is 3.33. The van der Waals surface area contributed by atoms with Crippen molar-refractivity contribution in [3.05, 3.63) is 48.0 Å². The first-order valence-corrected chi connectivity index (χ1v) is 5.32. The lowest BCUT2D eigenvalue weighted by Gasteiger charge is -2.08. The van der Waals surface area contributed by atoms with Gasteiger partial charge in [0.05, 0.1) is 0 Å². The molecule has 0 saturated carbocycles. The van der Waals surface area contributed by atoms with Gasteiger partial charge in [-0.1, -0.05) is 37.3 Å². The molecule has 2 rings (SSSR count). The van der Waals surface area contributed by atoms with E-state index in [0.717, 1.165) is 11.1 Å². The number of hydrogen-bond acceptors (Lipinski definition) is 2. The summed E-state index contributed by atoms with van der Waals surface area (Å²) in [6, 6.07) is 13.1. The molecule has 82 valence electrons. The number of aromatic hydroxyl groups is 2. The van der Waals surface area contributed by atoms with Crippen LogP contribution in [-0.4, -0.2) is 10.2 Å². The van der Waals surface area contributed by atoms with Gasteiger partial charge in [-0.2, -0.15) is 0 Å². The van der Waals surface area contributed by atoms with Crippen LogP contribution in [-0.2, 0) is 6.42 Å². The first-order valence-electron chi connectivity index (χ1n) is 5.32. The van der Waals surface area contributed by atoms with Gasteiger partial charge < -0.3 is 10.2 Å². The molecule has 2 aromatic rings. The third kappa shape index (κ3) is 1.87. The molecule has 0 fully saturated rings. The fraction of sp³-hybridized carbons (Fsp3) is 0.143. The van der Waals surface area contributed by atoms with Crippen molar-refractivity contribution in [2.45, 2.75) is 13.3 Å². The second-order valence-corrected chi connectivity index (χ2v) is 3.71. The van der Waals surface area contributed by atoms with E-state index in [-0.39, 0.29) is 11.5 Å². The highest BCUT2D eigenvalue weighted by Gasteiger charge is 2.08. The number of rotatable bonds is 2. The van der Waals surface area contributed by atoms with Gasteiger partial charge in [0.15, 0.2) is 0 Å². The molecule has 0 atom stereocenters. The summed E-state index contributed by atoms with van der Waals surface area (Å²) in [5, 5.41) is 19.5. The largest absolute Gasteiger partial charge is 0.508 e. The van der Waals surface area contributed by atoms with Crippen LogP contribution < -0.4 is 0 Å². The first-order chi connectivity index (χ1) is 7.72. The SMILES string of the molecule is CCc1c(O)cc(-c2ccccc2)cc1O. The molecule has 0 unspecified atom stereocenters. The zero-order valence-electron chi connectivity index (χ0n) is 9.14. The van der Waals surface area contributed by atoms with E-state index in [2.05, 4.69) is 0 Å². The minimum absolute atomic E-state index is 0.154. The fourth-order valence-electron chi connectivity index (χ4n) is 1.80. The minimum atomic E-state index is 0.154. The molecule has 0 aromatic heterocycles. The molecule has 0 spiro atoms. The molecule has 0 radical (unpaired) electrons. The van der Waals surface area contributed by atoms with Gasteiger partial charge in [-0.15, -0.1) is 0 Å². The van der Waals surface area contributed by atoms with E-state index in [9.17, 15) is 10.2 Å². The van der Waals surface area contributed by atoms with Crippen molar-refractivity contribution in [1.29, 1.82) is 0 Å². The van der Waals surface area contributed by atoms with E-state index in [4.69, 9.17) is 0 Å². The van der Waals surface area contributed by atoms with Crippen molar-refractivity contribution in [2.75, 3.05) is 0 Å². The Morgan fingerprint density at radius 3 is 1.94 bits per heavy atom. The summed E-state index contributed by atoms with van der Waals surface area (Å²) >= 11 is 0. The molecule has 2 nitrogen and oxygen atoms in total.